The Bertz CT molecular complexity index is 1160. The maximum absolute atomic E-state index is 11.6. The van der Waals surface area contributed by atoms with Gasteiger partial charge in [-0.15, -0.1) is 0 Å². The van der Waals surface area contributed by atoms with E-state index in [4.69, 9.17) is 4.74 Å². The molecule has 0 aromatic heterocycles. The molecule has 0 saturated heterocycles. The van der Waals surface area contributed by atoms with Gasteiger partial charge in [0.05, 0.1) is 17.7 Å². The van der Waals surface area contributed by atoms with Gasteiger partial charge in [0.2, 0.25) is 0 Å². The molecule has 1 N–H and O–H groups in total. The number of carboxylic acid groups (broad SMARTS) is 1. The summed E-state index contributed by atoms with van der Waals surface area (Å²) in [5.74, 6) is 0.164. The Balaban J connectivity index is 1.94. The van der Waals surface area contributed by atoms with E-state index in [1.807, 2.05) is 30.3 Å². The molecular formula is C33H41NO3. The van der Waals surface area contributed by atoms with Gasteiger partial charge >= 0.3 is 5.97 Å². The van der Waals surface area contributed by atoms with Gasteiger partial charge in [-0.05, 0) is 47.6 Å². The fraction of sp³-hybridized carbons (Fsp3) is 0.455. The zero-order valence-electron chi connectivity index (χ0n) is 22.6. The van der Waals surface area contributed by atoms with Gasteiger partial charge in [0, 0.05) is 5.41 Å². The van der Waals surface area contributed by atoms with E-state index in [0.29, 0.717) is 35.8 Å². The fourth-order valence-electron chi connectivity index (χ4n) is 5.01. The number of ether oxygens (including phenoxy) is 1. The Morgan fingerprint density at radius 3 is 2.54 bits per heavy atom. The Hall–Kier alpha value is -3.32. The van der Waals surface area contributed by atoms with Crippen LogP contribution in [0.15, 0.2) is 66.3 Å². The standard InChI is InChI=1S/C33H41NO3/c1-4-6-7-8-9-12-19-33(20-17-26(18-21-33)32(35)36)30-14-11-10-13-29(30)27-15-16-31(28(22-27)23-34)37-24-25(3)5-2/h10-11,13-18,20,22,25H,4-9,12,19,21,24H2,1-3H3,(H,35,36). The molecule has 0 amide bonds. The molecule has 2 unspecified atom stereocenters. The number of hydrogen-bond acceptors (Lipinski definition) is 3. The molecule has 1 aliphatic carbocycles. The summed E-state index contributed by atoms with van der Waals surface area (Å²) >= 11 is 0. The fourth-order valence-corrected chi connectivity index (χ4v) is 5.01. The molecule has 0 spiro atoms. The first-order valence-electron chi connectivity index (χ1n) is 13.8. The maximum atomic E-state index is 11.6. The predicted octanol–water partition coefficient (Wildman–Crippen LogP) is 8.61. The van der Waals surface area contributed by atoms with E-state index in [1.54, 1.807) is 6.08 Å². The summed E-state index contributed by atoms with van der Waals surface area (Å²) in [6.45, 7) is 7.09. The smallest absolute Gasteiger partial charge is 0.335 e. The highest BCUT2D eigenvalue weighted by molar-refractivity contribution is 5.90. The van der Waals surface area contributed by atoms with Crippen LogP contribution in [0.5, 0.6) is 5.75 Å². The Labute approximate surface area is 222 Å². The minimum absolute atomic E-state index is 0.279. The van der Waals surface area contributed by atoms with Crippen molar-refractivity contribution in [2.75, 3.05) is 6.61 Å². The Morgan fingerprint density at radius 2 is 1.86 bits per heavy atom. The molecule has 0 radical (unpaired) electrons. The van der Waals surface area contributed by atoms with Gasteiger partial charge in [-0.25, -0.2) is 4.79 Å². The molecule has 2 atom stereocenters. The van der Waals surface area contributed by atoms with E-state index in [9.17, 15) is 15.2 Å². The molecule has 196 valence electrons. The maximum Gasteiger partial charge on any atom is 0.335 e. The average molecular weight is 500 g/mol. The lowest BCUT2D eigenvalue weighted by Gasteiger charge is -2.35. The van der Waals surface area contributed by atoms with Gasteiger partial charge in [-0.3, -0.25) is 0 Å². The lowest BCUT2D eigenvalue weighted by atomic mass is 9.69. The number of aliphatic carboxylic acids is 1. The van der Waals surface area contributed by atoms with E-state index in [0.717, 1.165) is 30.4 Å². The number of benzene rings is 2. The van der Waals surface area contributed by atoms with E-state index >= 15 is 0 Å². The molecule has 4 nitrogen and oxygen atoms in total. The SMILES string of the molecule is CCCCCCCCC1(c2ccccc2-c2ccc(OCC(C)CC)c(C#N)c2)C=CC(C(=O)O)=CC1. The number of nitrogens with zero attached hydrogens (tertiary/aromatic N) is 1. The average Bonchev–Trinajstić information content (AvgIpc) is 2.93. The molecule has 4 heteroatoms. The normalized spacial score (nSPS) is 17.6. The largest absolute Gasteiger partial charge is 0.492 e. The molecule has 3 rings (SSSR count). The van der Waals surface area contributed by atoms with Crippen LogP contribution in [-0.4, -0.2) is 17.7 Å². The number of nitriles is 1. The van der Waals surface area contributed by atoms with Gasteiger partial charge in [0.25, 0.3) is 0 Å². The lowest BCUT2D eigenvalue weighted by molar-refractivity contribution is -0.132. The summed E-state index contributed by atoms with van der Waals surface area (Å²) in [7, 11) is 0. The number of unbranched alkanes of at least 4 members (excludes halogenated alkanes) is 5. The second-order valence-corrected chi connectivity index (χ2v) is 10.4. The summed E-state index contributed by atoms with van der Waals surface area (Å²) in [6.07, 6.45) is 15.6. The Kier molecular flexibility index (Phi) is 10.6. The van der Waals surface area contributed by atoms with Crippen LogP contribution in [-0.2, 0) is 10.2 Å². The van der Waals surface area contributed by atoms with Crippen LogP contribution in [0.2, 0.25) is 0 Å². The van der Waals surface area contributed by atoms with Crippen molar-refractivity contribution in [2.45, 2.75) is 84.0 Å². The van der Waals surface area contributed by atoms with E-state index in [-0.39, 0.29) is 5.41 Å². The van der Waals surface area contributed by atoms with Crippen LogP contribution in [0.4, 0.5) is 0 Å². The molecule has 0 fully saturated rings. The van der Waals surface area contributed by atoms with Crippen LogP contribution in [0.25, 0.3) is 11.1 Å². The van der Waals surface area contributed by atoms with Crippen molar-refractivity contribution in [3.05, 3.63) is 77.4 Å². The zero-order chi connectivity index (χ0) is 26.7. The number of carboxylic acids is 1. The molecule has 0 heterocycles. The summed E-state index contributed by atoms with van der Waals surface area (Å²) in [6, 6.07) is 16.5. The zero-order valence-corrected chi connectivity index (χ0v) is 22.6. The van der Waals surface area contributed by atoms with Crippen LogP contribution in [0.3, 0.4) is 0 Å². The van der Waals surface area contributed by atoms with Gasteiger partial charge in [0.15, 0.2) is 0 Å². The first kappa shape index (κ1) is 28.3. The van der Waals surface area contributed by atoms with Gasteiger partial charge < -0.3 is 9.84 Å². The highest BCUT2D eigenvalue weighted by Gasteiger charge is 2.33. The monoisotopic (exact) mass is 499 g/mol. The first-order valence-corrected chi connectivity index (χ1v) is 13.8. The third-order valence-corrected chi connectivity index (χ3v) is 7.59. The van der Waals surface area contributed by atoms with E-state index in [2.05, 4.69) is 51.1 Å². The quantitative estimate of drug-likeness (QED) is 0.264. The van der Waals surface area contributed by atoms with Crippen LogP contribution in [0.1, 0.15) is 89.7 Å². The minimum Gasteiger partial charge on any atom is -0.492 e. The number of carbonyl (C=O) groups is 1. The van der Waals surface area contributed by atoms with Crippen molar-refractivity contribution in [1.29, 1.82) is 5.26 Å². The molecule has 0 bridgehead atoms. The molecule has 1 aliphatic rings. The summed E-state index contributed by atoms with van der Waals surface area (Å²) in [4.78, 5) is 11.6. The molecule has 0 aliphatic heterocycles. The summed E-state index contributed by atoms with van der Waals surface area (Å²) < 4.78 is 5.97. The van der Waals surface area contributed by atoms with Gasteiger partial charge in [-0.2, -0.15) is 5.26 Å². The number of allylic oxidation sites excluding steroid dienone is 2. The van der Waals surface area contributed by atoms with Crippen molar-refractivity contribution in [1.82, 2.24) is 0 Å². The number of rotatable bonds is 14. The third kappa shape index (κ3) is 7.35. The van der Waals surface area contributed by atoms with E-state index in [1.165, 1.54) is 37.7 Å². The van der Waals surface area contributed by atoms with Crippen molar-refractivity contribution < 1.29 is 14.6 Å². The topological polar surface area (TPSA) is 70.3 Å². The lowest BCUT2D eigenvalue weighted by Crippen LogP contribution is -2.26. The van der Waals surface area contributed by atoms with Crippen molar-refractivity contribution >= 4 is 5.97 Å². The highest BCUT2D eigenvalue weighted by Crippen LogP contribution is 2.44. The second kappa shape index (κ2) is 13.8. The second-order valence-electron chi connectivity index (χ2n) is 10.4. The van der Waals surface area contributed by atoms with Crippen molar-refractivity contribution in [3.63, 3.8) is 0 Å². The van der Waals surface area contributed by atoms with Crippen LogP contribution < -0.4 is 4.74 Å². The molecule has 2 aromatic carbocycles. The van der Waals surface area contributed by atoms with Crippen LogP contribution in [0, 0.1) is 17.2 Å². The van der Waals surface area contributed by atoms with Gasteiger partial charge in [-0.1, -0.05) is 114 Å². The van der Waals surface area contributed by atoms with Crippen molar-refractivity contribution in [3.8, 4) is 22.9 Å². The van der Waals surface area contributed by atoms with E-state index < -0.39 is 5.97 Å². The Morgan fingerprint density at radius 1 is 1.11 bits per heavy atom. The molecule has 0 saturated carbocycles. The van der Waals surface area contributed by atoms with Crippen LogP contribution >= 0.6 is 0 Å². The highest BCUT2D eigenvalue weighted by atomic mass is 16.5. The van der Waals surface area contributed by atoms with Gasteiger partial charge in [0.1, 0.15) is 11.8 Å². The molecular weight excluding hydrogens is 458 g/mol. The molecule has 2 aromatic rings. The summed E-state index contributed by atoms with van der Waals surface area (Å²) in [5.41, 5.74) is 3.84. The summed E-state index contributed by atoms with van der Waals surface area (Å²) in [5, 5.41) is 19.4. The van der Waals surface area contributed by atoms with Crippen molar-refractivity contribution in [2.24, 2.45) is 5.92 Å². The number of hydrogen-bond donors (Lipinski definition) is 1. The third-order valence-electron chi connectivity index (χ3n) is 7.59. The predicted molar refractivity (Wildman–Crippen MR) is 151 cm³/mol. The minimum atomic E-state index is -0.885. The first-order chi connectivity index (χ1) is 17.9. The molecule has 37 heavy (non-hydrogen) atoms.